The fourth-order valence-corrected chi connectivity index (χ4v) is 1.76. The zero-order valence-corrected chi connectivity index (χ0v) is 11.6. The maximum Gasteiger partial charge on any atom is 0.254 e. The number of nitrogens with one attached hydrogen (secondary N) is 1. The van der Waals surface area contributed by atoms with Crippen LogP contribution in [0.2, 0.25) is 0 Å². The van der Waals surface area contributed by atoms with Crippen LogP contribution in [-0.2, 0) is 0 Å². The molecular formula is C16H18FN3O. The van der Waals surface area contributed by atoms with E-state index in [-0.39, 0.29) is 5.56 Å². The number of H-pyrrole nitrogens is 1. The van der Waals surface area contributed by atoms with E-state index in [1.54, 1.807) is 0 Å². The summed E-state index contributed by atoms with van der Waals surface area (Å²) in [6.45, 7) is 0. The lowest BCUT2D eigenvalue weighted by atomic mass is 10.2. The second kappa shape index (κ2) is 7.38. The summed E-state index contributed by atoms with van der Waals surface area (Å²) >= 11 is 0. The summed E-state index contributed by atoms with van der Waals surface area (Å²) in [7, 11) is 0. The van der Waals surface area contributed by atoms with Gasteiger partial charge in [0.05, 0.1) is 6.20 Å². The zero-order chi connectivity index (χ0) is 15.1. The Kier molecular flexibility index (Phi) is 5.26. The average Bonchev–Trinajstić information content (AvgIpc) is 3.20. The molecule has 0 bridgehead atoms. The molecular weight excluding hydrogens is 269 g/mol. The zero-order valence-electron chi connectivity index (χ0n) is 11.6. The number of primary amides is 1. The Hall–Kier alpha value is -2.43. The molecule has 2 aromatic rings. The lowest BCUT2D eigenvalue weighted by Gasteiger charge is -1.90. The first-order chi connectivity index (χ1) is 10.2. The predicted octanol–water partition coefficient (Wildman–Crippen LogP) is 3.15. The van der Waals surface area contributed by atoms with Gasteiger partial charge in [-0.05, 0) is 30.7 Å². The normalized spacial score (nSPS) is 13.8. The Balaban J connectivity index is 0.000000161. The fourth-order valence-electron chi connectivity index (χ4n) is 1.76. The summed E-state index contributed by atoms with van der Waals surface area (Å²) in [5.74, 6) is -0.603. The minimum atomic E-state index is -0.818. The number of allylic oxidation sites excluding steroid dienone is 1. The number of aromatic amines is 1. The van der Waals surface area contributed by atoms with Gasteiger partial charge in [-0.3, -0.25) is 9.89 Å². The maximum absolute atomic E-state index is 12.2. The van der Waals surface area contributed by atoms with E-state index in [0.29, 0.717) is 0 Å². The second-order valence-corrected chi connectivity index (χ2v) is 4.95. The van der Waals surface area contributed by atoms with Gasteiger partial charge in [0.25, 0.3) is 5.91 Å². The van der Waals surface area contributed by atoms with E-state index in [2.05, 4.69) is 47.6 Å². The van der Waals surface area contributed by atoms with E-state index in [1.165, 1.54) is 24.8 Å². The molecule has 1 aliphatic rings. The first-order valence-corrected chi connectivity index (χ1v) is 6.87. The lowest BCUT2D eigenvalue weighted by Crippen LogP contribution is -2.11. The van der Waals surface area contributed by atoms with Gasteiger partial charge in [0.2, 0.25) is 5.95 Å². The molecule has 0 unspecified atom stereocenters. The van der Waals surface area contributed by atoms with Gasteiger partial charge in [0, 0.05) is 0 Å². The molecule has 21 heavy (non-hydrogen) atoms. The molecule has 1 aliphatic carbocycles. The highest BCUT2D eigenvalue weighted by Gasteiger charge is 2.18. The molecule has 0 aliphatic heterocycles. The van der Waals surface area contributed by atoms with Crippen LogP contribution < -0.4 is 5.73 Å². The van der Waals surface area contributed by atoms with Crippen molar-refractivity contribution in [3.63, 3.8) is 0 Å². The van der Waals surface area contributed by atoms with Gasteiger partial charge in [-0.15, -0.1) is 0 Å². The molecule has 0 radical (unpaired) electrons. The number of amides is 1. The van der Waals surface area contributed by atoms with Crippen LogP contribution in [0.3, 0.4) is 0 Å². The molecule has 1 amide bonds. The molecule has 0 saturated heterocycles. The summed E-state index contributed by atoms with van der Waals surface area (Å²) in [5, 5.41) is 5.17. The third kappa shape index (κ3) is 5.22. The number of hydrogen-bond donors (Lipinski definition) is 2. The number of halogens is 1. The summed E-state index contributed by atoms with van der Waals surface area (Å²) in [6, 6.07) is 10.5. The number of nitrogens with zero attached hydrogens (tertiary/aromatic N) is 1. The number of hydrogen-bond acceptors (Lipinski definition) is 2. The van der Waals surface area contributed by atoms with Gasteiger partial charge < -0.3 is 5.73 Å². The molecule has 5 heteroatoms. The van der Waals surface area contributed by atoms with Crippen molar-refractivity contribution in [1.82, 2.24) is 10.2 Å². The van der Waals surface area contributed by atoms with Crippen LogP contribution in [0.5, 0.6) is 0 Å². The number of carbonyl (C=O) groups is 1. The van der Waals surface area contributed by atoms with Crippen molar-refractivity contribution in [2.24, 2.45) is 11.7 Å². The predicted molar refractivity (Wildman–Crippen MR) is 79.9 cm³/mol. The summed E-state index contributed by atoms with van der Waals surface area (Å²) in [6.07, 6.45) is 9.72. The topological polar surface area (TPSA) is 71.8 Å². The fraction of sp³-hybridized carbons (Fsp3) is 0.250. The van der Waals surface area contributed by atoms with Gasteiger partial charge >= 0.3 is 0 Å². The van der Waals surface area contributed by atoms with Crippen LogP contribution in [0.1, 0.15) is 35.2 Å². The molecule has 3 N–H and O–H groups in total. The van der Waals surface area contributed by atoms with E-state index in [9.17, 15) is 9.18 Å². The van der Waals surface area contributed by atoms with Gasteiger partial charge in [-0.25, -0.2) is 0 Å². The molecule has 1 heterocycles. The molecule has 110 valence electrons. The van der Waals surface area contributed by atoms with Crippen LogP contribution in [0.15, 0.2) is 42.6 Å². The minimum absolute atomic E-state index is 0.213. The van der Waals surface area contributed by atoms with E-state index < -0.39 is 11.9 Å². The number of carbonyl (C=O) groups excluding carboxylic acids is 1. The Morgan fingerprint density at radius 1 is 1.38 bits per heavy atom. The molecule has 0 atom stereocenters. The first kappa shape index (κ1) is 15.0. The van der Waals surface area contributed by atoms with Crippen LogP contribution in [0.25, 0.3) is 6.08 Å². The largest absolute Gasteiger partial charge is 0.365 e. The molecule has 3 rings (SSSR count). The summed E-state index contributed by atoms with van der Waals surface area (Å²) < 4.78 is 12.2. The van der Waals surface area contributed by atoms with Crippen molar-refractivity contribution >= 4 is 12.0 Å². The van der Waals surface area contributed by atoms with E-state index in [0.717, 1.165) is 12.1 Å². The van der Waals surface area contributed by atoms with Crippen molar-refractivity contribution in [3.8, 4) is 0 Å². The van der Waals surface area contributed by atoms with Crippen LogP contribution in [0, 0.1) is 11.9 Å². The first-order valence-electron chi connectivity index (χ1n) is 6.87. The standard InChI is InChI=1S/C12H14.C4H4FN3O/c1-2-5-11(6-3-1)7-4-8-12-9-10-12;5-3-2(4(6)9)1-7-8-3/h1-7,12H,8-10H2;1H,(H2,6,9)(H,7,8)/b7-4-;. The van der Waals surface area contributed by atoms with Crippen LogP contribution >= 0.6 is 0 Å². The smallest absolute Gasteiger partial charge is 0.254 e. The molecule has 1 aromatic carbocycles. The Morgan fingerprint density at radius 2 is 2.10 bits per heavy atom. The molecule has 1 saturated carbocycles. The highest BCUT2D eigenvalue weighted by atomic mass is 19.1. The van der Waals surface area contributed by atoms with Crippen molar-refractivity contribution in [3.05, 3.63) is 59.7 Å². The second-order valence-electron chi connectivity index (χ2n) is 4.95. The van der Waals surface area contributed by atoms with Crippen molar-refractivity contribution in [1.29, 1.82) is 0 Å². The Labute approximate surface area is 122 Å². The SMILES string of the molecule is C(=C/c1ccccc1)/CC1CC1.NC(=O)c1cn[nH]c1F. The average molecular weight is 287 g/mol. The quantitative estimate of drug-likeness (QED) is 0.906. The van der Waals surface area contributed by atoms with E-state index >= 15 is 0 Å². The van der Waals surface area contributed by atoms with Gasteiger partial charge in [0.1, 0.15) is 5.56 Å². The number of rotatable bonds is 4. The van der Waals surface area contributed by atoms with E-state index in [1.807, 2.05) is 5.10 Å². The van der Waals surface area contributed by atoms with Crippen molar-refractivity contribution in [2.45, 2.75) is 19.3 Å². The number of nitrogens with two attached hydrogens (primary N) is 1. The van der Waals surface area contributed by atoms with Gasteiger partial charge in [-0.1, -0.05) is 42.5 Å². The van der Waals surface area contributed by atoms with E-state index in [4.69, 9.17) is 5.73 Å². The third-order valence-corrected chi connectivity index (χ3v) is 3.13. The summed E-state index contributed by atoms with van der Waals surface area (Å²) in [4.78, 5) is 10.2. The Bertz CT molecular complexity index is 603. The Morgan fingerprint density at radius 3 is 2.57 bits per heavy atom. The van der Waals surface area contributed by atoms with Crippen LogP contribution in [0.4, 0.5) is 4.39 Å². The molecule has 1 aromatic heterocycles. The molecule has 0 spiro atoms. The van der Waals surface area contributed by atoms with Gasteiger partial charge in [-0.2, -0.15) is 9.49 Å². The lowest BCUT2D eigenvalue weighted by molar-refractivity contribution is 0.0996. The highest BCUT2D eigenvalue weighted by molar-refractivity contribution is 5.92. The number of benzene rings is 1. The maximum atomic E-state index is 12.2. The number of aromatic nitrogens is 2. The summed E-state index contributed by atoms with van der Waals surface area (Å²) in [5.41, 5.74) is 5.82. The van der Waals surface area contributed by atoms with Gasteiger partial charge in [0.15, 0.2) is 0 Å². The van der Waals surface area contributed by atoms with Crippen molar-refractivity contribution < 1.29 is 9.18 Å². The third-order valence-electron chi connectivity index (χ3n) is 3.13. The minimum Gasteiger partial charge on any atom is -0.365 e. The van der Waals surface area contributed by atoms with Crippen LogP contribution in [-0.4, -0.2) is 16.1 Å². The highest BCUT2D eigenvalue weighted by Crippen LogP contribution is 2.32. The van der Waals surface area contributed by atoms with Crippen molar-refractivity contribution in [2.75, 3.05) is 0 Å². The molecule has 1 fully saturated rings. The monoisotopic (exact) mass is 287 g/mol. The molecule has 4 nitrogen and oxygen atoms in total.